The molecule has 1 unspecified atom stereocenters. The molecule has 3 aliphatic rings. The third-order valence-electron chi connectivity index (χ3n) is 4.49. The number of nitrogens with zero attached hydrogens (tertiary/aromatic N) is 2. The zero-order chi connectivity index (χ0) is 13.6. The molecule has 5 heteroatoms. The van der Waals surface area contributed by atoms with Crippen LogP contribution < -0.4 is 0 Å². The largest absolute Gasteiger partial charge is 0.386 e. The summed E-state index contributed by atoms with van der Waals surface area (Å²) in [5.74, 6) is 0.00162. The summed E-state index contributed by atoms with van der Waals surface area (Å²) in [5.41, 5.74) is -0.677. The average Bonchev–Trinajstić information content (AvgIpc) is 3.09. The zero-order valence-electron chi connectivity index (χ0n) is 11.5. The topological polar surface area (TPSA) is 60.9 Å². The van der Waals surface area contributed by atoms with E-state index in [1.807, 2.05) is 11.8 Å². The van der Waals surface area contributed by atoms with Gasteiger partial charge in [-0.25, -0.2) is 0 Å². The molecular formula is C14H22N2O3. The van der Waals surface area contributed by atoms with Gasteiger partial charge in [-0.1, -0.05) is 13.3 Å². The van der Waals surface area contributed by atoms with Gasteiger partial charge in [0.1, 0.15) is 0 Å². The molecule has 0 aromatic rings. The molecule has 106 valence electrons. The van der Waals surface area contributed by atoms with Crippen molar-refractivity contribution >= 4 is 11.8 Å². The summed E-state index contributed by atoms with van der Waals surface area (Å²) in [6.07, 6.45) is 4.21. The van der Waals surface area contributed by atoms with Crippen molar-refractivity contribution in [1.82, 2.24) is 9.80 Å². The second-order valence-electron chi connectivity index (χ2n) is 6.35. The predicted molar refractivity (Wildman–Crippen MR) is 69.3 cm³/mol. The van der Waals surface area contributed by atoms with Crippen molar-refractivity contribution in [2.45, 2.75) is 50.7 Å². The molecule has 0 aromatic carbocycles. The van der Waals surface area contributed by atoms with Crippen molar-refractivity contribution in [3.63, 3.8) is 0 Å². The maximum Gasteiger partial charge on any atom is 0.228 e. The third-order valence-corrected chi connectivity index (χ3v) is 4.49. The Balaban J connectivity index is 1.53. The predicted octanol–water partition coefficient (Wildman–Crippen LogP) is 0.371. The number of amides is 2. The molecule has 3 rings (SSSR count). The Morgan fingerprint density at radius 3 is 2.68 bits per heavy atom. The number of β-amino-alcohol motifs (C(OH)–C–C–N with tert-alkyl or cyclic N) is 1. The molecule has 3 fully saturated rings. The van der Waals surface area contributed by atoms with Crippen LogP contribution in [0.2, 0.25) is 0 Å². The third kappa shape index (κ3) is 2.36. The van der Waals surface area contributed by atoms with E-state index in [1.54, 1.807) is 4.90 Å². The first kappa shape index (κ1) is 12.9. The summed E-state index contributed by atoms with van der Waals surface area (Å²) < 4.78 is 0. The summed E-state index contributed by atoms with van der Waals surface area (Å²) in [5, 5.41) is 10.1. The molecule has 2 saturated heterocycles. The van der Waals surface area contributed by atoms with Gasteiger partial charge in [0.25, 0.3) is 0 Å². The zero-order valence-corrected chi connectivity index (χ0v) is 11.5. The van der Waals surface area contributed by atoms with Crippen molar-refractivity contribution in [3.8, 4) is 0 Å². The molecule has 0 radical (unpaired) electrons. The lowest BCUT2D eigenvalue weighted by molar-refractivity contribution is -0.160. The van der Waals surface area contributed by atoms with Crippen LogP contribution in [0.15, 0.2) is 0 Å². The Kier molecular flexibility index (Phi) is 3.04. The molecule has 19 heavy (non-hydrogen) atoms. The first-order chi connectivity index (χ1) is 9.02. The van der Waals surface area contributed by atoms with Crippen molar-refractivity contribution in [3.05, 3.63) is 0 Å². The van der Waals surface area contributed by atoms with Crippen molar-refractivity contribution < 1.29 is 14.7 Å². The lowest BCUT2D eigenvalue weighted by atomic mass is 9.88. The molecule has 2 aliphatic heterocycles. The van der Waals surface area contributed by atoms with Crippen LogP contribution in [0.3, 0.4) is 0 Å². The van der Waals surface area contributed by atoms with E-state index in [2.05, 4.69) is 0 Å². The minimum Gasteiger partial charge on any atom is -0.386 e. The van der Waals surface area contributed by atoms with Crippen LogP contribution in [0.4, 0.5) is 0 Å². The van der Waals surface area contributed by atoms with Gasteiger partial charge in [0, 0.05) is 19.0 Å². The summed E-state index contributed by atoms with van der Waals surface area (Å²) in [4.78, 5) is 27.7. The molecule has 1 aliphatic carbocycles. The van der Waals surface area contributed by atoms with Crippen molar-refractivity contribution in [1.29, 1.82) is 0 Å². The van der Waals surface area contributed by atoms with Crippen LogP contribution in [-0.4, -0.2) is 58.0 Å². The highest BCUT2D eigenvalue weighted by Crippen LogP contribution is 2.35. The number of carbonyl (C=O) groups excluding carboxylic acids is 2. The van der Waals surface area contributed by atoms with E-state index >= 15 is 0 Å². The van der Waals surface area contributed by atoms with E-state index in [9.17, 15) is 14.7 Å². The van der Waals surface area contributed by atoms with Crippen LogP contribution in [-0.2, 0) is 9.59 Å². The summed E-state index contributed by atoms with van der Waals surface area (Å²) in [6.45, 7) is 3.50. The molecular weight excluding hydrogens is 244 g/mol. The highest BCUT2D eigenvalue weighted by Gasteiger charge is 2.48. The van der Waals surface area contributed by atoms with E-state index in [-0.39, 0.29) is 17.7 Å². The molecule has 1 N–H and O–H groups in total. The van der Waals surface area contributed by atoms with Crippen LogP contribution in [0.5, 0.6) is 0 Å². The monoisotopic (exact) mass is 266 g/mol. The minimum absolute atomic E-state index is 0.0530. The smallest absolute Gasteiger partial charge is 0.228 e. The standard InChI is InChI=1S/C14H22N2O3/c1-2-5-14(19)8-15(9-14)13(18)10-6-12(17)16(7-10)11-3-4-11/h10-11,19H,2-9H2,1H3. The molecule has 1 saturated carbocycles. The molecule has 2 heterocycles. The molecule has 0 bridgehead atoms. The van der Waals surface area contributed by atoms with Gasteiger partial charge in [-0.15, -0.1) is 0 Å². The number of carbonyl (C=O) groups is 2. The van der Waals surface area contributed by atoms with Gasteiger partial charge >= 0.3 is 0 Å². The van der Waals surface area contributed by atoms with Crippen LogP contribution in [0.25, 0.3) is 0 Å². The maximum absolute atomic E-state index is 12.3. The highest BCUT2D eigenvalue weighted by molar-refractivity contribution is 5.90. The summed E-state index contributed by atoms with van der Waals surface area (Å²) in [6, 6.07) is 0.402. The Morgan fingerprint density at radius 2 is 2.11 bits per heavy atom. The second kappa shape index (κ2) is 4.47. The SMILES string of the molecule is CCCC1(O)CN(C(=O)C2CC(=O)N(C3CC3)C2)C1. The molecule has 5 nitrogen and oxygen atoms in total. The molecule has 0 aromatic heterocycles. The normalized spacial score (nSPS) is 29.6. The van der Waals surface area contributed by atoms with Crippen molar-refractivity contribution in [2.75, 3.05) is 19.6 Å². The van der Waals surface area contributed by atoms with Gasteiger partial charge in [0.15, 0.2) is 0 Å². The fourth-order valence-electron chi connectivity index (χ4n) is 3.34. The molecule has 1 atom stereocenters. The lowest BCUT2D eigenvalue weighted by Gasteiger charge is -2.47. The number of rotatable bonds is 4. The molecule has 2 amide bonds. The average molecular weight is 266 g/mol. The number of hydrogen-bond donors (Lipinski definition) is 1. The summed E-state index contributed by atoms with van der Waals surface area (Å²) >= 11 is 0. The van der Waals surface area contributed by atoms with Gasteiger partial charge in [-0.3, -0.25) is 9.59 Å². The van der Waals surface area contributed by atoms with Crippen LogP contribution in [0.1, 0.15) is 39.0 Å². The van der Waals surface area contributed by atoms with Gasteiger partial charge in [-0.2, -0.15) is 0 Å². The number of likely N-dealkylation sites (tertiary alicyclic amines) is 2. The van der Waals surface area contributed by atoms with Crippen LogP contribution >= 0.6 is 0 Å². The molecule has 0 spiro atoms. The van der Waals surface area contributed by atoms with Gasteiger partial charge in [0.2, 0.25) is 11.8 Å². The number of aliphatic hydroxyl groups is 1. The first-order valence-corrected chi connectivity index (χ1v) is 7.33. The Morgan fingerprint density at radius 1 is 1.42 bits per heavy atom. The quantitative estimate of drug-likeness (QED) is 0.800. The Hall–Kier alpha value is -1.10. The highest BCUT2D eigenvalue weighted by atomic mass is 16.3. The second-order valence-corrected chi connectivity index (χ2v) is 6.35. The van der Waals surface area contributed by atoms with Crippen LogP contribution in [0, 0.1) is 5.92 Å². The van der Waals surface area contributed by atoms with E-state index < -0.39 is 5.60 Å². The van der Waals surface area contributed by atoms with Crippen molar-refractivity contribution in [2.24, 2.45) is 5.92 Å². The van der Waals surface area contributed by atoms with E-state index in [0.29, 0.717) is 32.1 Å². The van der Waals surface area contributed by atoms with Gasteiger partial charge in [-0.05, 0) is 19.3 Å². The maximum atomic E-state index is 12.3. The lowest BCUT2D eigenvalue weighted by Crippen LogP contribution is -2.64. The Bertz CT molecular complexity index is 399. The first-order valence-electron chi connectivity index (χ1n) is 7.33. The summed E-state index contributed by atoms with van der Waals surface area (Å²) in [7, 11) is 0. The van der Waals surface area contributed by atoms with E-state index in [1.165, 1.54) is 0 Å². The van der Waals surface area contributed by atoms with Gasteiger partial charge < -0.3 is 14.9 Å². The fourth-order valence-corrected chi connectivity index (χ4v) is 3.34. The minimum atomic E-state index is -0.677. The van der Waals surface area contributed by atoms with Gasteiger partial charge in [0.05, 0.1) is 24.6 Å². The number of hydrogen-bond acceptors (Lipinski definition) is 3. The van der Waals surface area contributed by atoms with E-state index in [4.69, 9.17) is 0 Å². The Labute approximate surface area is 113 Å². The van der Waals surface area contributed by atoms with E-state index in [0.717, 1.165) is 25.7 Å². The fraction of sp³-hybridized carbons (Fsp3) is 0.857.